The first-order valence-corrected chi connectivity index (χ1v) is 11.0. The van der Waals surface area contributed by atoms with E-state index >= 15 is 0 Å². The second-order valence-corrected chi connectivity index (χ2v) is 9.48. The first kappa shape index (κ1) is 19.4. The standard InChI is InChI=1S/C24H31N5O/c1-15(2)22-21(30)9-4-16-10-25-24(27-23(16)22)26-19-5-7-20(8-6-19)29-13-17-11-28(3)12-18(17)14-29/h5-10,15,17-18,22,30H,4,11-14H2,1-3H3,(H,25,26,27). The molecule has 3 unspecified atom stereocenters. The third-order valence-corrected chi connectivity index (χ3v) is 6.87. The van der Waals surface area contributed by atoms with Gasteiger partial charge in [-0.05, 0) is 67.1 Å². The first-order chi connectivity index (χ1) is 14.5. The van der Waals surface area contributed by atoms with Crippen LogP contribution in [0.4, 0.5) is 17.3 Å². The average Bonchev–Trinajstić information content (AvgIpc) is 3.25. The highest BCUT2D eigenvalue weighted by atomic mass is 16.3. The van der Waals surface area contributed by atoms with Gasteiger partial charge in [0.15, 0.2) is 0 Å². The predicted octanol–water partition coefficient (Wildman–Crippen LogP) is 3.96. The summed E-state index contributed by atoms with van der Waals surface area (Å²) in [6.07, 6.45) is 4.46. The van der Waals surface area contributed by atoms with Crippen molar-refractivity contribution in [1.29, 1.82) is 0 Å². The zero-order valence-corrected chi connectivity index (χ0v) is 18.0. The minimum absolute atomic E-state index is 0.0617. The number of aliphatic hydroxyl groups is 1. The van der Waals surface area contributed by atoms with Gasteiger partial charge in [-0.25, -0.2) is 9.97 Å². The second kappa shape index (κ2) is 7.58. The van der Waals surface area contributed by atoms with E-state index in [0.717, 1.165) is 41.9 Å². The van der Waals surface area contributed by atoms with E-state index in [9.17, 15) is 5.11 Å². The number of allylic oxidation sites excluding steroid dienone is 2. The van der Waals surface area contributed by atoms with Crippen LogP contribution < -0.4 is 10.2 Å². The number of benzene rings is 1. The maximum atomic E-state index is 10.3. The summed E-state index contributed by atoms with van der Waals surface area (Å²) < 4.78 is 0. The molecule has 30 heavy (non-hydrogen) atoms. The number of hydrogen-bond acceptors (Lipinski definition) is 6. The molecule has 158 valence electrons. The fourth-order valence-corrected chi connectivity index (χ4v) is 5.37. The lowest BCUT2D eigenvalue weighted by molar-refractivity contribution is 0.323. The number of aromatic nitrogens is 2. The Bertz CT molecular complexity index is 941. The Morgan fingerprint density at radius 2 is 1.77 bits per heavy atom. The summed E-state index contributed by atoms with van der Waals surface area (Å²) in [6.45, 7) is 8.98. The second-order valence-electron chi connectivity index (χ2n) is 9.48. The van der Waals surface area contributed by atoms with E-state index in [4.69, 9.17) is 4.98 Å². The molecule has 3 aliphatic rings. The lowest BCUT2D eigenvalue weighted by atomic mass is 9.84. The Kier molecular flexibility index (Phi) is 4.89. The Labute approximate surface area is 178 Å². The van der Waals surface area contributed by atoms with Gasteiger partial charge in [-0.2, -0.15) is 0 Å². The third kappa shape index (κ3) is 3.54. The van der Waals surface area contributed by atoms with Gasteiger partial charge in [-0.3, -0.25) is 0 Å². The van der Waals surface area contributed by atoms with Crippen molar-refractivity contribution in [3.05, 3.63) is 53.6 Å². The van der Waals surface area contributed by atoms with Crippen LogP contribution in [0.5, 0.6) is 0 Å². The number of hydrogen-bond donors (Lipinski definition) is 2. The Morgan fingerprint density at radius 1 is 1.07 bits per heavy atom. The summed E-state index contributed by atoms with van der Waals surface area (Å²) >= 11 is 0. The van der Waals surface area contributed by atoms with Crippen molar-refractivity contribution in [1.82, 2.24) is 14.9 Å². The van der Waals surface area contributed by atoms with E-state index < -0.39 is 0 Å². The minimum atomic E-state index is -0.0617. The highest BCUT2D eigenvalue weighted by Gasteiger charge is 2.38. The number of fused-ring (bicyclic) bond motifs is 2. The highest BCUT2D eigenvalue weighted by molar-refractivity contribution is 5.60. The smallest absolute Gasteiger partial charge is 0.227 e. The van der Waals surface area contributed by atoms with Gasteiger partial charge in [-0.1, -0.05) is 13.8 Å². The summed E-state index contributed by atoms with van der Waals surface area (Å²) in [4.78, 5) is 14.2. The lowest BCUT2D eigenvalue weighted by Crippen LogP contribution is -2.26. The van der Waals surface area contributed by atoms with Gasteiger partial charge in [0, 0.05) is 43.8 Å². The molecule has 2 fully saturated rings. The molecule has 5 rings (SSSR count). The molecule has 6 nitrogen and oxygen atoms in total. The van der Waals surface area contributed by atoms with Crippen LogP contribution >= 0.6 is 0 Å². The van der Waals surface area contributed by atoms with Gasteiger partial charge >= 0.3 is 0 Å². The van der Waals surface area contributed by atoms with Crippen molar-refractivity contribution < 1.29 is 5.11 Å². The first-order valence-electron chi connectivity index (χ1n) is 11.0. The quantitative estimate of drug-likeness (QED) is 0.803. The monoisotopic (exact) mass is 405 g/mol. The normalized spacial score (nSPS) is 25.9. The SMILES string of the molecule is CC(C)C1C(O)=CCc2cnc(Nc3ccc(N4CC5CN(C)CC5C4)cc3)nc21. The predicted molar refractivity (Wildman–Crippen MR) is 120 cm³/mol. The van der Waals surface area contributed by atoms with Crippen LogP contribution in [0.2, 0.25) is 0 Å². The van der Waals surface area contributed by atoms with Crippen molar-refractivity contribution >= 4 is 17.3 Å². The zero-order valence-electron chi connectivity index (χ0n) is 18.0. The molecule has 3 atom stereocenters. The molecule has 0 spiro atoms. The summed E-state index contributed by atoms with van der Waals surface area (Å²) in [7, 11) is 2.23. The lowest BCUT2D eigenvalue weighted by Gasteiger charge is -2.26. The number of likely N-dealkylation sites (tertiary alicyclic amines) is 1. The van der Waals surface area contributed by atoms with Crippen molar-refractivity contribution in [3.8, 4) is 0 Å². The largest absolute Gasteiger partial charge is 0.512 e. The molecule has 1 aliphatic carbocycles. The third-order valence-electron chi connectivity index (χ3n) is 6.87. The van der Waals surface area contributed by atoms with Crippen LogP contribution in [-0.2, 0) is 6.42 Å². The molecule has 0 bridgehead atoms. The summed E-state index contributed by atoms with van der Waals surface area (Å²) in [5.74, 6) is 2.83. The van der Waals surface area contributed by atoms with E-state index in [1.807, 2.05) is 12.3 Å². The topological polar surface area (TPSA) is 64.5 Å². The summed E-state index contributed by atoms with van der Waals surface area (Å²) in [5, 5.41) is 13.7. The number of rotatable bonds is 4. The number of nitrogens with one attached hydrogen (secondary N) is 1. The minimum Gasteiger partial charge on any atom is -0.512 e. The Morgan fingerprint density at radius 3 is 2.43 bits per heavy atom. The van der Waals surface area contributed by atoms with Crippen LogP contribution in [0.15, 0.2) is 42.3 Å². The van der Waals surface area contributed by atoms with Gasteiger partial charge < -0.3 is 20.2 Å². The molecule has 2 aliphatic heterocycles. The molecular weight excluding hydrogens is 374 g/mol. The highest BCUT2D eigenvalue weighted by Crippen LogP contribution is 2.36. The van der Waals surface area contributed by atoms with Gasteiger partial charge in [0.25, 0.3) is 0 Å². The molecule has 1 aromatic carbocycles. The number of aliphatic hydroxyl groups excluding tert-OH is 1. The molecule has 2 N–H and O–H groups in total. The molecular formula is C24H31N5O. The van der Waals surface area contributed by atoms with Crippen LogP contribution in [0, 0.1) is 17.8 Å². The Balaban J connectivity index is 1.29. The fraction of sp³-hybridized carbons (Fsp3) is 0.500. The zero-order chi connectivity index (χ0) is 20.8. The maximum absolute atomic E-state index is 10.3. The van der Waals surface area contributed by atoms with Crippen molar-refractivity contribution in [3.63, 3.8) is 0 Å². The summed E-state index contributed by atoms with van der Waals surface area (Å²) in [5.41, 5.74) is 4.30. The average molecular weight is 406 g/mol. The van der Waals surface area contributed by atoms with E-state index in [0.29, 0.717) is 18.1 Å². The van der Waals surface area contributed by atoms with Gasteiger partial charge in [-0.15, -0.1) is 0 Å². The van der Waals surface area contributed by atoms with Gasteiger partial charge in [0.1, 0.15) is 0 Å². The van der Waals surface area contributed by atoms with E-state index in [2.05, 4.69) is 65.3 Å². The summed E-state index contributed by atoms with van der Waals surface area (Å²) in [6, 6.07) is 8.60. The molecule has 6 heteroatoms. The van der Waals surface area contributed by atoms with Crippen molar-refractivity contribution in [2.75, 3.05) is 43.4 Å². The Hall–Kier alpha value is -2.60. The van der Waals surface area contributed by atoms with Crippen molar-refractivity contribution in [2.24, 2.45) is 17.8 Å². The van der Waals surface area contributed by atoms with E-state index in [1.54, 1.807) is 0 Å². The van der Waals surface area contributed by atoms with E-state index in [-0.39, 0.29) is 11.8 Å². The molecule has 2 saturated heterocycles. The molecule has 0 radical (unpaired) electrons. The molecule has 1 aromatic heterocycles. The van der Waals surface area contributed by atoms with Crippen LogP contribution in [0.25, 0.3) is 0 Å². The van der Waals surface area contributed by atoms with Crippen molar-refractivity contribution in [2.45, 2.75) is 26.2 Å². The van der Waals surface area contributed by atoms with Crippen LogP contribution in [-0.4, -0.2) is 53.2 Å². The molecule has 2 aromatic rings. The molecule has 3 heterocycles. The van der Waals surface area contributed by atoms with Gasteiger partial charge in [0.05, 0.1) is 17.4 Å². The maximum Gasteiger partial charge on any atom is 0.227 e. The van der Waals surface area contributed by atoms with Gasteiger partial charge in [0.2, 0.25) is 5.95 Å². The number of nitrogens with zero attached hydrogens (tertiary/aromatic N) is 4. The molecule has 0 saturated carbocycles. The molecule has 0 amide bonds. The van der Waals surface area contributed by atoms with E-state index in [1.165, 1.54) is 18.8 Å². The fourth-order valence-electron chi connectivity index (χ4n) is 5.37. The number of anilines is 3. The van der Waals surface area contributed by atoms with Crippen LogP contribution in [0.1, 0.15) is 31.0 Å². The van der Waals surface area contributed by atoms with Crippen LogP contribution in [0.3, 0.4) is 0 Å².